The zero-order chi connectivity index (χ0) is 20.8. The highest BCUT2D eigenvalue weighted by molar-refractivity contribution is 5.97. The predicted octanol–water partition coefficient (Wildman–Crippen LogP) is 4.97. The van der Waals surface area contributed by atoms with Crippen molar-refractivity contribution in [3.05, 3.63) is 63.7 Å². The van der Waals surface area contributed by atoms with Crippen LogP contribution < -0.4 is 5.32 Å². The first-order valence-corrected chi connectivity index (χ1v) is 9.93. The van der Waals surface area contributed by atoms with Crippen LogP contribution in [-0.2, 0) is 11.3 Å². The molecule has 4 heteroatoms. The van der Waals surface area contributed by atoms with Crippen molar-refractivity contribution in [3.8, 4) is 0 Å². The molecule has 28 heavy (non-hydrogen) atoms. The Morgan fingerprint density at radius 3 is 2.29 bits per heavy atom. The van der Waals surface area contributed by atoms with Gasteiger partial charge in [-0.1, -0.05) is 31.2 Å². The molecule has 2 rings (SSSR count). The van der Waals surface area contributed by atoms with E-state index in [1.807, 2.05) is 45.0 Å². The number of rotatable bonds is 8. The number of benzene rings is 2. The quantitative estimate of drug-likeness (QED) is 0.658. The summed E-state index contributed by atoms with van der Waals surface area (Å²) in [5, 5.41) is 3.02. The van der Waals surface area contributed by atoms with Crippen molar-refractivity contribution in [2.45, 2.75) is 54.5 Å². The Balaban J connectivity index is 2.21. The first-order chi connectivity index (χ1) is 13.2. The van der Waals surface area contributed by atoms with Crippen LogP contribution in [0.5, 0.6) is 0 Å². The number of anilines is 1. The minimum Gasteiger partial charge on any atom is -0.325 e. The molecule has 1 N–H and O–H groups in total. The monoisotopic (exact) mass is 380 g/mol. The van der Waals surface area contributed by atoms with Gasteiger partial charge in [0.1, 0.15) is 0 Å². The molecule has 0 spiro atoms. The molecule has 0 fully saturated rings. The van der Waals surface area contributed by atoms with Crippen molar-refractivity contribution in [1.82, 2.24) is 4.90 Å². The number of aryl methyl sites for hydroxylation is 3. The SMILES string of the molecule is CCCN(CC(=O)Nc1ccccc1C)Cc1c(C)cc(C)c(C(C)=O)c1C. The summed E-state index contributed by atoms with van der Waals surface area (Å²) in [7, 11) is 0. The smallest absolute Gasteiger partial charge is 0.238 e. The third-order valence-corrected chi connectivity index (χ3v) is 5.19. The molecule has 0 radical (unpaired) electrons. The van der Waals surface area contributed by atoms with E-state index in [-0.39, 0.29) is 11.7 Å². The second kappa shape index (κ2) is 9.65. The fourth-order valence-corrected chi connectivity index (χ4v) is 3.87. The van der Waals surface area contributed by atoms with Crippen LogP contribution in [0, 0.1) is 27.7 Å². The molecule has 0 aliphatic carbocycles. The van der Waals surface area contributed by atoms with Gasteiger partial charge in [-0.05, 0) is 81.5 Å². The van der Waals surface area contributed by atoms with Gasteiger partial charge in [0.15, 0.2) is 5.78 Å². The molecule has 0 aliphatic rings. The van der Waals surface area contributed by atoms with E-state index in [4.69, 9.17) is 0 Å². The third-order valence-electron chi connectivity index (χ3n) is 5.19. The van der Waals surface area contributed by atoms with Gasteiger partial charge in [0.25, 0.3) is 0 Å². The van der Waals surface area contributed by atoms with Crippen LogP contribution in [0.4, 0.5) is 5.69 Å². The lowest BCUT2D eigenvalue weighted by Crippen LogP contribution is -2.34. The maximum atomic E-state index is 12.6. The minimum atomic E-state index is -0.0167. The highest BCUT2D eigenvalue weighted by atomic mass is 16.2. The average Bonchev–Trinajstić information content (AvgIpc) is 2.60. The molecule has 0 bridgehead atoms. The third kappa shape index (κ3) is 5.29. The van der Waals surface area contributed by atoms with Crippen molar-refractivity contribution in [2.24, 2.45) is 0 Å². The first-order valence-electron chi connectivity index (χ1n) is 9.93. The molecule has 4 nitrogen and oxygen atoms in total. The van der Waals surface area contributed by atoms with Crippen molar-refractivity contribution < 1.29 is 9.59 Å². The van der Waals surface area contributed by atoms with Crippen LogP contribution in [-0.4, -0.2) is 29.7 Å². The second-order valence-corrected chi connectivity index (χ2v) is 7.62. The Morgan fingerprint density at radius 1 is 1.00 bits per heavy atom. The Labute approximate surface area is 169 Å². The van der Waals surface area contributed by atoms with E-state index in [0.29, 0.717) is 13.1 Å². The van der Waals surface area contributed by atoms with Gasteiger partial charge >= 0.3 is 0 Å². The van der Waals surface area contributed by atoms with Gasteiger partial charge in [0, 0.05) is 17.8 Å². The van der Waals surface area contributed by atoms with Crippen molar-refractivity contribution in [2.75, 3.05) is 18.4 Å². The fourth-order valence-electron chi connectivity index (χ4n) is 3.87. The van der Waals surface area contributed by atoms with Crippen LogP contribution in [0.1, 0.15) is 58.4 Å². The number of carbonyl (C=O) groups excluding carboxylic acids is 2. The summed E-state index contributed by atoms with van der Waals surface area (Å²) >= 11 is 0. The molecule has 0 aromatic heterocycles. The Bertz CT molecular complexity index is 871. The highest BCUT2D eigenvalue weighted by Crippen LogP contribution is 2.24. The first kappa shape index (κ1) is 21.8. The number of carbonyl (C=O) groups is 2. The van der Waals surface area contributed by atoms with E-state index in [2.05, 4.69) is 30.1 Å². The van der Waals surface area contributed by atoms with E-state index in [9.17, 15) is 9.59 Å². The number of Topliss-reactive ketones (excluding diaryl/α,β-unsaturated/α-hetero) is 1. The van der Waals surface area contributed by atoms with Crippen LogP contribution in [0.2, 0.25) is 0 Å². The van der Waals surface area contributed by atoms with Gasteiger partial charge in [-0.3, -0.25) is 14.5 Å². The average molecular weight is 381 g/mol. The summed E-state index contributed by atoms with van der Waals surface area (Å²) in [4.78, 5) is 26.9. The number of amides is 1. The maximum absolute atomic E-state index is 12.6. The molecule has 0 saturated heterocycles. The van der Waals surface area contributed by atoms with E-state index < -0.39 is 0 Å². The standard InChI is InChI=1S/C24H32N2O2/c1-7-12-26(15-23(28)25-22-11-9-8-10-16(22)2)14-21-17(3)13-18(4)24(19(21)5)20(6)27/h8-11,13H,7,12,14-15H2,1-6H3,(H,25,28). The van der Waals surface area contributed by atoms with E-state index in [1.165, 1.54) is 5.56 Å². The van der Waals surface area contributed by atoms with E-state index in [1.54, 1.807) is 6.92 Å². The second-order valence-electron chi connectivity index (χ2n) is 7.62. The highest BCUT2D eigenvalue weighted by Gasteiger charge is 2.18. The molecule has 0 saturated carbocycles. The molecule has 2 aromatic rings. The van der Waals surface area contributed by atoms with Gasteiger partial charge in [0.2, 0.25) is 5.91 Å². The molecule has 1 amide bonds. The fraction of sp³-hybridized carbons (Fsp3) is 0.417. The lowest BCUT2D eigenvalue weighted by molar-refractivity contribution is -0.117. The van der Waals surface area contributed by atoms with Gasteiger partial charge in [-0.15, -0.1) is 0 Å². The van der Waals surface area contributed by atoms with Crippen LogP contribution in [0.3, 0.4) is 0 Å². The van der Waals surface area contributed by atoms with Gasteiger partial charge in [0.05, 0.1) is 6.54 Å². The van der Waals surface area contributed by atoms with Crippen LogP contribution >= 0.6 is 0 Å². The van der Waals surface area contributed by atoms with Gasteiger partial charge in [-0.2, -0.15) is 0 Å². The van der Waals surface area contributed by atoms with Crippen LogP contribution in [0.15, 0.2) is 30.3 Å². The molecule has 0 heterocycles. The number of hydrogen-bond acceptors (Lipinski definition) is 3. The van der Waals surface area contributed by atoms with Gasteiger partial charge < -0.3 is 5.32 Å². The molecule has 0 aliphatic heterocycles. The van der Waals surface area contributed by atoms with Gasteiger partial charge in [-0.25, -0.2) is 0 Å². The van der Waals surface area contributed by atoms with Crippen molar-refractivity contribution in [1.29, 1.82) is 0 Å². The minimum absolute atomic E-state index is 0.0167. The maximum Gasteiger partial charge on any atom is 0.238 e. The number of ketones is 1. The lowest BCUT2D eigenvalue weighted by Gasteiger charge is -2.25. The normalized spacial score (nSPS) is 11.0. The lowest BCUT2D eigenvalue weighted by atomic mass is 9.91. The summed E-state index contributed by atoms with van der Waals surface area (Å²) in [6.07, 6.45) is 0.959. The van der Waals surface area contributed by atoms with Crippen LogP contribution in [0.25, 0.3) is 0 Å². The summed E-state index contributed by atoms with van der Waals surface area (Å²) in [5.41, 5.74) is 7.07. The van der Waals surface area contributed by atoms with E-state index in [0.717, 1.165) is 46.5 Å². The van der Waals surface area contributed by atoms with E-state index >= 15 is 0 Å². The summed E-state index contributed by atoms with van der Waals surface area (Å²) in [6, 6.07) is 9.88. The van der Waals surface area contributed by atoms with Crippen molar-refractivity contribution >= 4 is 17.4 Å². The molecule has 2 aromatic carbocycles. The predicted molar refractivity (Wildman–Crippen MR) is 116 cm³/mol. The zero-order valence-corrected chi connectivity index (χ0v) is 18.0. The molecule has 150 valence electrons. The Morgan fingerprint density at radius 2 is 1.68 bits per heavy atom. The molecular formula is C24H32N2O2. The largest absolute Gasteiger partial charge is 0.325 e. The topological polar surface area (TPSA) is 49.4 Å². The zero-order valence-electron chi connectivity index (χ0n) is 18.0. The summed E-state index contributed by atoms with van der Waals surface area (Å²) in [5.74, 6) is 0.0764. The molecular weight excluding hydrogens is 348 g/mol. The Kier molecular flexibility index (Phi) is 7.53. The Hall–Kier alpha value is -2.46. The number of nitrogens with one attached hydrogen (secondary N) is 1. The molecule has 0 atom stereocenters. The summed E-state index contributed by atoms with van der Waals surface area (Å²) in [6.45, 7) is 13.6. The number of nitrogens with zero attached hydrogens (tertiary/aromatic N) is 1. The van der Waals surface area contributed by atoms with Crippen molar-refractivity contribution in [3.63, 3.8) is 0 Å². The number of para-hydroxylation sites is 1. The number of hydrogen-bond donors (Lipinski definition) is 1. The summed E-state index contributed by atoms with van der Waals surface area (Å²) < 4.78 is 0. The molecule has 0 unspecified atom stereocenters.